The maximum absolute atomic E-state index is 13.5. The summed E-state index contributed by atoms with van der Waals surface area (Å²) in [5.74, 6) is 0.352. The van der Waals surface area contributed by atoms with Crippen LogP contribution in [0.2, 0.25) is 5.02 Å². The van der Waals surface area contributed by atoms with E-state index >= 15 is 0 Å². The van der Waals surface area contributed by atoms with E-state index in [0.717, 1.165) is 12.1 Å². The average molecular weight is 285 g/mol. The van der Waals surface area contributed by atoms with E-state index in [-0.39, 0.29) is 11.9 Å². The highest BCUT2D eigenvalue weighted by molar-refractivity contribution is 6.30. The molecule has 1 aromatic rings. The standard InChI is InChI=1S/C15H22ClFN2/c1-10-4-3-5-19(11(10)2)15(9-18)12-6-13(16)8-14(17)7-12/h6-8,10-11,15H,3-5,9,18H2,1-2H3. The van der Waals surface area contributed by atoms with Crippen LogP contribution in [0.4, 0.5) is 4.39 Å². The zero-order valence-corrected chi connectivity index (χ0v) is 12.3. The van der Waals surface area contributed by atoms with Gasteiger partial charge in [-0.25, -0.2) is 4.39 Å². The number of rotatable bonds is 3. The quantitative estimate of drug-likeness (QED) is 0.919. The Bertz CT molecular complexity index is 418. The van der Waals surface area contributed by atoms with Crippen LogP contribution in [-0.4, -0.2) is 24.0 Å². The predicted molar refractivity (Wildman–Crippen MR) is 77.8 cm³/mol. The molecule has 0 aromatic heterocycles. The monoisotopic (exact) mass is 284 g/mol. The second-order valence-corrected chi connectivity index (χ2v) is 5.99. The molecule has 0 radical (unpaired) electrons. The van der Waals surface area contributed by atoms with Crippen molar-refractivity contribution in [3.63, 3.8) is 0 Å². The Hall–Kier alpha value is -0.640. The van der Waals surface area contributed by atoms with Crippen LogP contribution >= 0.6 is 11.6 Å². The van der Waals surface area contributed by atoms with E-state index in [4.69, 9.17) is 17.3 Å². The van der Waals surface area contributed by atoms with Crippen molar-refractivity contribution in [3.05, 3.63) is 34.6 Å². The summed E-state index contributed by atoms with van der Waals surface area (Å²) in [6.45, 7) is 5.99. The van der Waals surface area contributed by atoms with Gasteiger partial charge in [0.25, 0.3) is 0 Å². The van der Waals surface area contributed by atoms with Crippen LogP contribution in [0.15, 0.2) is 18.2 Å². The largest absolute Gasteiger partial charge is 0.329 e. The van der Waals surface area contributed by atoms with E-state index in [1.165, 1.54) is 18.9 Å². The third-order valence-electron chi connectivity index (χ3n) is 4.32. The molecular weight excluding hydrogens is 263 g/mol. The topological polar surface area (TPSA) is 29.3 Å². The minimum Gasteiger partial charge on any atom is -0.329 e. The van der Waals surface area contributed by atoms with Gasteiger partial charge in [0, 0.05) is 23.7 Å². The van der Waals surface area contributed by atoms with E-state index in [9.17, 15) is 4.39 Å². The first-order valence-electron chi connectivity index (χ1n) is 6.94. The molecule has 3 unspecified atom stereocenters. The first-order valence-corrected chi connectivity index (χ1v) is 7.32. The number of nitrogens with zero attached hydrogens (tertiary/aromatic N) is 1. The first-order chi connectivity index (χ1) is 9.02. The van der Waals surface area contributed by atoms with Gasteiger partial charge in [0.1, 0.15) is 5.82 Å². The van der Waals surface area contributed by atoms with Crippen molar-refractivity contribution in [3.8, 4) is 0 Å². The van der Waals surface area contributed by atoms with Gasteiger partial charge in [-0.05, 0) is 56.0 Å². The van der Waals surface area contributed by atoms with Gasteiger partial charge in [0.2, 0.25) is 0 Å². The molecule has 106 valence electrons. The fraction of sp³-hybridized carbons (Fsp3) is 0.600. The van der Waals surface area contributed by atoms with E-state index in [2.05, 4.69) is 18.7 Å². The Morgan fingerprint density at radius 1 is 1.42 bits per heavy atom. The smallest absolute Gasteiger partial charge is 0.125 e. The molecule has 1 aliphatic heterocycles. The van der Waals surface area contributed by atoms with Gasteiger partial charge in [-0.15, -0.1) is 0 Å². The fourth-order valence-corrected chi connectivity index (χ4v) is 3.27. The number of halogens is 2. The molecule has 19 heavy (non-hydrogen) atoms. The average Bonchev–Trinajstić information content (AvgIpc) is 2.34. The van der Waals surface area contributed by atoms with Crippen LogP contribution in [0.25, 0.3) is 0 Å². The molecule has 2 N–H and O–H groups in total. The number of hydrogen-bond acceptors (Lipinski definition) is 2. The van der Waals surface area contributed by atoms with Crippen LogP contribution < -0.4 is 5.73 Å². The summed E-state index contributed by atoms with van der Waals surface area (Å²) >= 11 is 5.96. The van der Waals surface area contributed by atoms with Crippen molar-refractivity contribution < 1.29 is 4.39 Å². The van der Waals surface area contributed by atoms with Crippen molar-refractivity contribution in [2.24, 2.45) is 11.7 Å². The van der Waals surface area contributed by atoms with Crippen LogP contribution in [0.5, 0.6) is 0 Å². The SMILES string of the molecule is CC1CCCN(C(CN)c2cc(F)cc(Cl)c2)C1C. The number of hydrogen-bond donors (Lipinski definition) is 1. The lowest BCUT2D eigenvalue weighted by Crippen LogP contribution is -2.46. The van der Waals surface area contributed by atoms with Crippen molar-refractivity contribution >= 4 is 11.6 Å². The Morgan fingerprint density at radius 3 is 2.79 bits per heavy atom. The lowest BCUT2D eigenvalue weighted by atomic mass is 9.89. The molecule has 1 fully saturated rings. The van der Waals surface area contributed by atoms with Gasteiger partial charge >= 0.3 is 0 Å². The van der Waals surface area contributed by atoms with Crippen molar-refractivity contribution in [1.29, 1.82) is 0 Å². The van der Waals surface area contributed by atoms with E-state index in [1.807, 2.05) is 6.07 Å². The second kappa shape index (κ2) is 6.21. The fourth-order valence-electron chi connectivity index (χ4n) is 3.04. The number of likely N-dealkylation sites (tertiary alicyclic amines) is 1. The third-order valence-corrected chi connectivity index (χ3v) is 4.53. The molecular formula is C15H22ClFN2. The van der Waals surface area contributed by atoms with Crippen LogP contribution in [0, 0.1) is 11.7 Å². The Labute approximate surface area is 119 Å². The van der Waals surface area contributed by atoms with Crippen LogP contribution in [-0.2, 0) is 0 Å². The summed E-state index contributed by atoms with van der Waals surface area (Å²) in [6, 6.07) is 5.22. The molecule has 1 heterocycles. The molecule has 1 aromatic carbocycles. The molecule has 2 nitrogen and oxygen atoms in total. The lowest BCUT2D eigenvalue weighted by Gasteiger charge is -2.42. The number of nitrogens with two attached hydrogens (primary N) is 1. The van der Waals surface area contributed by atoms with Crippen LogP contribution in [0.3, 0.4) is 0 Å². The minimum atomic E-state index is -0.293. The summed E-state index contributed by atoms with van der Waals surface area (Å²) in [4.78, 5) is 2.39. The molecule has 0 bridgehead atoms. The second-order valence-electron chi connectivity index (χ2n) is 5.55. The predicted octanol–water partition coefficient (Wildman–Crippen LogP) is 3.60. The van der Waals surface area contributed by atoms with Gasteiger partial charge in [-0.2, -0.15) is 0 Å². The Balaban J connectivity index is 2.28. The molecule has 3 atom stereocenters. The molecule has 0 aliphatic carbocycles. The summed E-state index contributed by atoms with van der Waals surface area (Å²) in [5.41, 5.74) is 6.82. The van der Waals surface area contributed by atoms with Gasteiger partial charge in [0.15, 0.2) is 0 Å². The molecule has 0 amide bonds. The van der Waals surface area contributed by atoms with Crippen molar-refractivity contribution in [2.75, 3.05) is 13.1 Å². The normalized spacial score (nSPS) is 26.4. The molecule has 0 saturated carbocycles. The molecule has 4 heteroatoms. The van der Waals surface area contributed by atoms with Crippen LogP contribution in [0.1, 0.15) is 38.3 Å². The van der Waals surface area contributed by atoms with Gasteiger partial charge in [-0.1, -0.05) is 18.5 Å². The zero-order chi connectivity index (χ0) is 14.0. The summed E-state index contributed by atoms with van der Waals surface area (Å²) in [5, 5.41) is 0.436. The Morgan fingerprint density at radius 2 is 2.16 bits per heavy atom. The summed E-state index contributed by atoms with van der Waals surface area (Å²) in [7, 11) is 0. The highest BCUT2D eigenvalue weighted by Crippen LogP contribution is 2.32. The molecule has 1 aliphatic rings. The van der Waals surface area contributed by atoms with E-state index < -0.39 is 0 Å². The molecule has 2 rings (SSSR count). The van der Waals surface area contributed by atoms with E-state index in [0.29, 0.717) is 23.5 Å². The van der Waals surface area contributed by atoms with Gasteiger partial charge in [0.05, 0.1) is 0 Å². The molecule has 1 saturated heterocycles. The zero-order valence-electron chi connectivity index (χ0n) is 11.6. The van der Waals surface area contributed by atoms with Crippen molar-refractivity contribution in [1.82, 2.24) is 4.90 Å². The Kier molecular flexibility index (Phi) is 4.82. The number of piperidine rings is 1. The summed E-state index contributed by atoms with van der Waals surface area (Å²) in [6.07, 6.45) is 2.42. The molecule has 0 spiro atoms. The summed E-state index contributed by atoms with van der Waals surface area (Å²) < 4.78 is 13.5. The van der Waals surface area contributed by atoms with E-state index in [1.54, 1.807) is 6.07 Å². The highest BCUT2D eigenvalue weighted by atomic mass is 35.5. The number of benzene rings is 1. The highest BCUT2D eigenvalue weighted by Gasteiger charge is 2.30. The minimum absolute atomic E-state index is 0.0472. The maximum Gasteiger partial charge on any atom is 0.125 e. The van der Waals surface area contributed by atoms with Crippen molar-refractivity contribution in [2.45, 2.75) is 38.8 Å². The van der Waals surface area contributed by atoms with Gasteiger partial charge < -0.3 is 5.73 Å². The first kappa shape index (κ1) is 14.8. The third kappa shape index (κ3) is 3.28. The lowest BCUT2D eigenvalue weighted by molar-refractivity contribution is 0.0708. The van der Waals surface area contributed by atoms with Gasteiger partial charge in [-0.3, -0.25) is 4.90 Å². The maximum atomic E-state index is 13.5.